The number of aliphatic carboxylic acids is 1. The lowest BCUT2D eigenvalue weighted by Crippen LogP contribution is -2.30. The van der Waals surface area contributed by atoms with Crippen molar-refractivity contribution in [2.24, 2.45) is 0 Å². The van der Waals surface area contributed by atoms with E-state index in [0.29, 0.717) is 12.2 Å². The predicted molar refractivity (Wildman–Crippen MR) is 72.6 cm³/mol. The Morgan fingerprint density at radius 1 is 1.33 bits per heavy atom. The normalized spacial score (nSPS) is 11.8. The van der Waals surface area contributed by atoms with Crippen molar-refractivity contribution < 1.29 is 14.7 Å². The molecule has 1 atom stereocenters. The molecular formula is C13H17NO3S. The molecule has 0 aliphatic carbocycles. The average molecular weight is 267 g/mol. The predicted octanol–water partition coefficient (Wildman–Crippen LogP) is 2.07. The van der Waals surface area contributed by atoms with Crippen molar-refractivity contribution in [3.8, 4) is 0 Å². The number of carbonyl (C=O) groups excluding carboxylic acids is 1. The van der Waals surface area contributed by atoms with Crippen molar-refractivity contribution in [1.29, 1.82) is 0 Å². The van der Waals surface area contributed by atoms with E-state index < -0.39 is 5.97 Å². The van der Waals surface area contributed by atoms with E-state index in [2.05, 4.69) is 5.32 Å². The highest BCUT2D eigenvalue weighted by Crippen LogP contribution is 2.18. The van der Waals surface area contributed by atoms with Crippen LogP contribution in [-0.4, -0.2) is 29.0 Å². The number of hydrogen-bond acceptors (Lipinski definition) is 3. The molecule has 98 valence electrons. The van der Waals surface area contributed by atoms with Crippen LogP contribution >= 0.6 is 11.8 Å². The lowest BCUT2D eigenvalue weighted by molar-refractivity contribution is -0.137. The molecule has 1 unspecified atom stereocenters. The maximum absolute atomic E-state index is 11.6. The molecule has 0 saturated carbocycles. The molecule has 0 spiro atoms. The molecule has 2 N–H and O–H groups in total. The van der Waals surface area contributed by atoms with Gasteiger partial charge in [-0.15, -0.1) is 0 Å². The van der Waals surface area contributed by atoms with Crippen molar-refractivity contribution in [2.75, 3.05) is 12.0 Å². The molecule has 0 radical (unpaired) electrons. The number of amides is 1. The number of nitrogens with one attached hydrogen (secondary N) is 1. The zero-order valence-electron chi connectivity index (χ0n) is 10.3. The molecular weight excluding hydrogens is 250 g/mol. The molecule has 0 saturated heterocycles. The molecule has 1 amide bonds. The molecule has 1 rings (SSSR count). The molecule has 18 heavy (non-hydrogen) atoms. The van der Waals surface area contributed by atoms with Gasteiger partial charge in [-0.1, -0.05) is 30.3 Å². The summed E-state index contributed by atoms with van der Waals surface area (Å²) in [6.07, 6.45) is 2.30. The fourth-order valence-corrected chi connectivity index (χ4v) is 1.99. The summed E-state index contributed by atoms with van der Waals surface area (Å²) < 4.78 is 0. The Morgan fingerprint density at radius 2 is 2.00 bits per heavy atom. The van der Waals surface area contributed by atoms with Gasteiger partial charge >= 0.3 is 5.97 Å². The number of carbonyl (C=O) groups is 2. The van der Waals surface area contributed by atoms with Crippen LogP contribution in [0.1, 0.15) is 24.4 Å². The topological polar surface area (TPSA) is 66.4 Å². The largest absolute Gasteiger partial charge is 0.481 e. The maximum Gasteiger partial charge on any atom is 0.303 e. The SMILES string of the molecule is CSCC(=O)NC(CCC(=O)O)c1ccccc1. The van der Waals surface area contributed by atoms with E-state index in [0.717, 1.165) is 5.56 Å². The summed E-state index contributed by atoms with van der Waals surface area (Å²) in [7, 11) is 0. The van der Waals surface area contributed by atoms with Crippen LogP contribution in [0.25, 0.3) is 0 Å². The second-order valence-electron chi connectivity index (χ2n) is 3.90. The van der Waals surface area contributed by atoms with Crippen LogP contribution < -0.4 is 5.32 Å². The molecule has 5 heteroatoms. The number of carboxylic acids is 1. The average Bonchev–Trinajstić information content (AvgIpc) is 2.35. The zero-order chi connectivity index (χ0) is 13.4. The summed E-state index contributed by atoms with van der Waals surface area (Å²) in [5.74, 6) is -0.534. The lowest BCUT2D eigenvalue weighted by atomic mass is 10.0. The van der Waals surface area contributed by atoms with E-state index in [4.69, 9.17) is 5.11 Å². The molecule has 0 aliphatic rings. The lowest BCUT2D eigenvalue weighted by Gasteiger charge is -2.18. The molecule has 1 aromatic carbocycles. The third-order valence-corrected chi connectivity index (χ3v) is 3.01. The number of benzene rings is 1. The fourth-order valence-electron chi connectivity index (χ4n) is 1.64. The molecule has 0 aliphatic heterocycles. The first-order chi connectivity index (χ1) is 8.63. The van der Waals surface area contributed by atoms with Gasteiger partial charge in [-0.2, -0.15) is 11.8 Å². The van der Waals surface area contributed by atoms with Gasteiger partial charge in [0.15, 0.2) is 0 Å². The first-order valence-corrected chi connectivity index (χ1v) is 7.08. The third-order valence-electron chi connectivity index (χ3n) is 2.46. The number of hydrogen-bond donors (Lipinski definition) is 2. The Hall–Kier alpha value is -1.49. The van der Waals surface area contributed by atoms with Crippen LogP contribution in [0.3, 0.4) is 0 Å². The monoisotopic (exact) mass is 267 g/mol. The minimum absolute atomic E-state index is 0.0408. The van der Waals surface area contributed by atoms with Gasteiger partial charge in [-0.3, -0.25) is 9.59 Å². The van der Waals surface area contributed by atoms with E-state index in [1.54, 1.807) is 0 Å². The summed E-state index contributed by atoms with van der Waals surface area (Å²) in [6.45, 7) is 0. The molecule has 1 aromatic rings. The first kappa shape index (κ1) is 14.6. The Bertz CT molecular complexity index is 394. The van der Waals surface area contributed by atoms with Crippen molar-refractivity contribution in [1.82, 2.24) is 5.32 Å². The third kappa shape index (κ3) is 5.23. The fraction of sp³-hybridized carbons (Fsp3) is 0.385. The molecule has 0 bridgehead atoms. The first-order valence-electron chi connectivity index (χ1n) is 5.68. The minimum Gasteiger partial charge on any atom is -0.481 e. The van der Waals surface area contributed by atoms with Gasteiger partial charge in [0, 0.05) is 6.42 Å². The van der Waals surface area contributed by atoms with Gasteiger partial charge in [-0.25, -0.2) is 0 Å². The van der Waals surface area contributed by atoms with E-state index in [9.17, 15) is 9.59 Å². The summed E-state index contributed by atoms with van der Waals surface area (Å²) in [5.41, 5.74) is 0.938. The number of rotatable bonds is 7. The van der Waals surface area contributed by atoms with Crippen molar-refractivity contribution >= 4 is 23.6 Å². The standard InChI is InChI=1S/C13H17NO3S/c1-18-9-12(15)14-11(7-8-13(16)17)10-5-3-2-4-6-10/h2-6,11H,7-9H2,1H3,(H,14,15)(H,16,17). The van der Waals surface area contributed by atoms with E-state index in [-0.39, 0.29) is 18.4 Å². The van der Waals surface area contributed by atoms with E-state index in [1.807, 2.05) is 36.6 Å². The van der Waals surface area contributed by atoms with Crippen LogP contribution in [0.4, 0.5) is 0 Å². The second kappa shape index (κ2) is 7.76. The van der Waals surface area contributed by atoms with Gasteiger partial charge < -0.3 is 10.4 Å². The van der Waals surface area contributed by atoms with Crippen molar-refractivity contribution in [3.05, 3.63) is 35.9 Å². The zero-order valence-corrected chi connectivity index (χ0v) is 11.1. The molecule has 0 fully saturated rings. The summed E-state index contributed by atoms with van der Waals surface area (Å²) in [5, 5.41) is 11.6. The van der Waals surface area contributed by atoms with Crippen molar-refractivity contribution in [3.63, 3.8) is 0 Å². The number of thioether (sulfide) groups is 1. The second-order valence-corrected chi connectivity index (χ2v) is 4.76. The van der Waals surface area contributed by atoms with Crippen LogP contribution in [0, 0.1) is 0 Å². The highest BCUT2D eigenvalue weighted by molar-refractivity contribution is 7.99. The number of carboxylic acid groups (broad SMARTS) is 1. The molecule has 4 nitrogen and oxygen atoms in total. The Labute approximate surface area is 111 Å². The summed E-state index contributed by atoms with van der Waals surface area (Å²) in [6, 6.07) is 9.20. The van der Waals surface area contributed by atoms with Gasteiger partial charge in [0.1, 0.15) is 0 Å². The van der Waals surface area contributed by atoms with Crippen molar-refractivity contribution in [2.45, 2.75) is 18.9 Å². The van der Waals surface area contributed by atoms with Gasteiger partial charge in [0.2, 0.25) is 5.91 Å². The maximum atomic E-state index is 11.6. The van der Waals surface area contributed by atoms with Crippen LogP contribution in [0.15, 0.2) is 30.3 Å². The van der Waals surface area contributed by atoms with Crippen LogP contribution in [-0.2, 0) is 9.59 Å². The Morgan fingerprint density at radius 3 is 2.56 bits per heavy atom. The highest BCUT2D eigenvalue weighted by Gasteiger charge is 2.15. The summed E-state index contributed by atoms with van der Waals surface area (Å²) >= 11 is 1.44. The van der Waals surface area contributed by atoms with Crippen LogP contribution in [0.5, 0.6) is 0 Å². The molecule has 0 aromatic heterocycles. The Kier molecular flexibility index (Phi) is 6.28. The summed E-state index contributed by atoms with van der Waals surface area (Å²) in [4.78, 5) is 22.2. The van der Waals surface area contributed by atoms with E-state index in [1.165, 1.54) is 11.8 Å². The van der Waals surface area contributed by atoms with Gasteiger partial charge in [0.05, 0.1) is 11.8 Å². The minimum atomic E-state index is -0.852. The smallest absolute Gasteiger partial charge is 0.303 e. The van der Waals surface area contributed by atoms with E-state index >= 15 is 0 Å². The van der Waals surface area contributed by atoms with Crippen LogP contribution in [0.2, 0.25) is 0 Å². The molecule has 0 heterocycles. The van der Waals surface area contributed by atoms with Gasteiger partial charge in [0.25, 0.3) is 0 Å². The van der Waals surface area contributed by atoms with Gasteiger partial charge in [-0.05, 0) is 18.2 Å². The quantitative estimate of drug-likeness (QED) is 0.793. The highest BCUT2D eigenvalue weighted by atomic mass is 32.2. The Balaban J connectivity index is 2.69.